The van der Waals surface area contributed by atoms with Crippen LogP contribution in [-0.4, -0.2) is 110 Å². The van der Waals surface area contributed by atoms with Crippen molar-refractivity contribution in [2.75, 3.05) is 13.2 Å². The standard InChI is InChI=1S/C75H141NO10/c1-3-5-7-9-11-13-15-17-19-21-23-25-27-29-31-32-33-34-35-37-39-41-43-45-47-49-51-53-55-57-59-61-63-68(79)74(84)76-66(65-85-75-73(83)72(82)71(81)69(64-77)86-75)70(80)67(78)62-60-58-56-54-52-50-48-46-44-42-40-38-36-30-28-26-24-22-20-18-16-14-12-10-8-6-4-2/h23,25,29,31,46,48,54,56,66-73,75,77-83H,3-22,24,26-28,30,32-45,47,49-53,55,57-65H2,1-2H3,(H,76,84)/b25-23-,31-29-,48-46+,56-54+. The first-order valence-corrected chi connectivity index (χ1v) is 37.0. The highest BCUT2D eigenvalue weighted by Crippen LogP contribution is 2.24. The summed E-state index contributed by atoms with van der Waals surface area (Å²) in [6, 6.07) is -1.19. The van der Waals surface area contributed by atoms with Crippen LogP contribution >= 0.6 is 0 Å². The van der Waals surface area contributed by atoms with Gasteiger partial charge in [-0.05, 0) is 83.5 Å². The molecule has 9 unspecified atom stereocenters. The third-order valence-electron chi connectivity index (χ3n) is 17.8. The van der Waals surface area contributed by atoms with Crippen LogP contribution in [0.5, 0.6) is 0 Å². The molecule has 1 aliphatic rings. The number of ether oxygens (including phenoxy) is 2. The number of allylic oxidation sites excluding steroid dienone is 8. The number of amides is 1. The highest BCUT2D eigenvalue weighted by atomic mass is 16.7. The molecule has 11 heteroatoms. The second-order valence-electron chi connectivity index (χ2n) is 26.0. The van der Waals surface area contributed by atoms with Gasteiger partial charge in [0.15, 0.2) is 6.29 Å². The van der Waals surface area contributed by atoms with E-state index in [1.807, 2.05) is 0 Å². The Kier molecular flexibility index (Phi) is 60.3. The molecule has 1 heterocycles. The number of aliphatic hydroxyl groups excluding tert-OH is 7. The van der Waals surface area contributed by atoms with Crippen LogP contribution in [0.2, 0.25) is 0 Å². The predicted molar refractivity (Wildman–Crippen MR) is 362 cm³/mol. The van der Waals surface area contributed by atoms with E-state index in [1.165, 1.54) is 263 Å². The molecule has 86 heavy (non-hydrogen) atoms. The smallest absolute Gasteiger partial charge is 0.249 e. The first-order valence-electron chi connectivity index (χ1n) is 37.0. The summed E-state index contributed by atoms with van der Waals surface area (Å²) in [5.41, 5.74) is 0. The Morgan fingerprint density at radius 1 is 0.407 bits per heavy atom. The largest absolute Gasteiger partial charge is 0.394 e. The first-order chi connectivity index (χ1) is 42.2. The van der Waals surface area contributed by atoms with Gasteiger partial charge in [-0.15, -0.1) is 0 Å². The lowest BCUT2D eigenvalue weighted by Crippen LogP contribution is -2.60. The van der Waals surface area contributed by atoms with Crippen molar-refractivity contribution in [1.29, 1.82) is 0 Å². The molecule has 0 aromatic carbocycles. The maximum absolute atomic E-state index is 13.3. The maximum atomic E-state index is 13.3. The lowest BCUT2D eigenvalue weighted by atomic mass is 9.98. The van der Waals surface area contributed by atoms with Crippen LogP contribution in [0.3, 0.4) is 0 Å². The molecule has 0 bridgehead atoms. The molecule has 8 N–H and O–H groups in total. The monoisotopic (exact) mass is 1220 g/mol. The number of carbonyl (C=O) groups excluding carboxylic acids is 1. The molecule has 9 atom stereocenters. The molecular formula is C75H141NO10. The van der Waals surface area contributed by atoms with Gasteiger partial charge in [-0.2, -0.15) is 0 Å². The van der Waals surface area contributed by atoms with Gasteiger partial charge in [0, 0.05) is 0 Å². The summed E-state index contributed by atoms with van der Waals surface area (Å²) in [7, 11) is 0. The van der Waals surface area contributed by atoms with Crippen LogP contribution in [0.25, 0.3) is 0 Å². The van der Waals surface area contributed by atoms with E-state index in [-0.39, 0.29) is 12.8 Å². The molecule has 506 valence electrons. The van der Waals surface area contributed by atoms with Gasteiger partial charge in [0.25, 0.3) is 0 Å². The van der Waals surface area contributed by atoms with E-state index >= 15 is 0 Å². The topological polar surface area (TPSA) is 189 Å². The predicted octanol–water partition coefficient (Wildman–Crippen LogP) is 18.3. The minimum Gasteiger partial charge on any atom is -0.394 e. The average Bonchev–Trinajstić information content (AvgIpc) is 2.54. The van der Waals surface area contributed by atoms with Gasteiger partial charge in [-0.25, -0.2) is 0 Å². The van der Waals surface area contributed by atoms with E-state index in [4.69, 9.17) is 9.47 Å². The molecule has 1 rings (SSSR count). The number of unbranched alkanes of at least 4 members (excludes halogenated alkanes) is 45. The first kappa shape index (κ1) is 82.1. The minimum absolute atomic E-state index is 0.247. The number of nitrogens with one attached hydrogen (secondary N) is 1. The molecule has 0 radical (unpaired) electrons. The third kappa shape index (κ3) is 49.8. The molecular weight excluding hydrogens is 1070 g/mol. The maximum Gasteiger partial charge on any atom is 0.249 e. The van der Waals surface area contributed by atoms with Crippen LogP contribution in [0.4, 0.5) is 0 Å². The molecule has 1 fully saturated rings. The average molecular weight is 1220 g/mol. The highest BCUT2D eigenvalue weighted by Gasteiger charge is 2.44. The van der Waals surface area contributed by atoms with Crippen LogP contribution < -0.4 is 5.32 Å². The van der Waals surface area contributed by atoms with Crippen molar-refractivity contribution in [2.24, 2.45) is 0 Å². The summed E-state index contributed by atoms with van der Waals surface area (Å²) in [5.74, 6) is -0.706. The van der Waals surface area contributed by atoms with Crippen LogP contribution in [0, 0.1) is 0 Å². The Bertz CT molecular complexity index is 1540. The van der Waals surface area contributed by atoms with Crippen molar-refractivity contribution in [3.05, 3.63) is 48.6 Å². The Hall–Kier alpha value is -1.93. The fraction of sp³-hybridized carbons (Fsp3) is 0.880. The quantitative estimate of drug-likeness (QED) is 0.0215. The molecule has 0 spiro atoms. The Labute approximate surface area is 529 Å². The van der Waals surface area contributed by atoms with Crippen molar-refractivity contribution in [3.63, 3.8) is 0 Å². The second-order valence-corrected chi connectivity index (χ2v) is 26.0. The van der Waals surface area contributed by atoms with Crippen LogP contribution in [0.1, 0.15) is 354 Å². The van der Waals surface area contributed by atoms with Gasteiger partial charge < -0.3 is 50.5 Å². The Morgan fingerprint density at radius 2 is 0.733 bits per heavy atom. The van der Waals surface area contributed by atoms with E-state index in [0.29, 0.717) is 19.3 Å². The van der Waals surface area contributed by atoms with Crippen LogP contribution in [0.15, 0.2) is 48.6 Å². The molecule has 1 amide bonds. The fourth-order valence-corrected chi connectivity index (χ4v) is 11.9. The molecule has 0 aromatic rings. The SMILES string of the molecule is CCCCCCCCCCC/C=C\C/C=C\CCCCCCCCCCCCCCCCCCC(O)C(=O)NC(COC1OC(CO)C(O)C(O)C1O)C(O)C(O)CCC/C=C/CC/C=C/CCCCCCCCCCCCCCCCCCCC. The third-order valence-corrected chi connectivity index (χ3v) is 17.8. The van der Waals surface area contributed by atoms with Gasteiger partial charge in [0.2, 0.25) is 5.91 Å². The van der Waals surface area contributed by atoms with Crippen molar-refractivity contribution < 1.29 is 50.0 Å². The van der Waals surface area contributed by atoms with Gasteiger partial charge >= 0.3 is 0 Å². The number of carbonyl (C=O) groups is 1. The van der Waals surface area contributed by atoms with E-state index in [0.717, 1.165) is 44.9 Å². The van der Waals surface area contributed by atoms with Crippen molar-refractivity contribution in [1.82, 2.24) is 5.32 Å². The van der Waals surface area contributed by atoms with E-state index in [2.05, 4.69) is 67.8 Å². The Morgan fingerprint density at radius 3 is 1.10 bits per heavy atom. The zero-order chi connectivity index (χ0) is 62.4. The van der Waals surface area contributed by atoms with Gasteiger partial charge in [-0.3, -0.25) is 4.79 Å². The number of rotatable bonds is 65. The van der Waals surface area contributed by atoms with Crippen LogP contribution in [-0.2, 0) is 14.3 Å². The second kappa shape index (κ2) is 63.2. The summed E-state index contributed by atoms with van der Waals surface area (Å²) in [4.78, 5) is 13.3. The highest BCUT2D eigenvalue weighted by molar-refractivity contribution is 5.80. The molecule has 1 saturated heterocycles. The van der Waals surface area contributed by atoms with Gasteiger partial charge in [0.1, 0.15) is 36.6 Å². The summed E-state index contributed by atoms with van der Waals surface area (Å²) in [6.45, 7) is 3.49. The molecule has 0 aromatic heterocycles. The number of aliphatic hydroxyl groups is 7. The van der Waals surface area contributed by atoms with E-state index in [9.17, 15) is 40.5 Å². The molecule has 0 aliphatic carbocycles. The van der Waals surface area contributed by atoms with Crippen molar-refractivity contribution in [2.45, 2.75) is 409 Å². The van der Waals surface area contributed by atoms with Crippen molar-refractivity contribution in [3.8, 4) is 0 Å². The Balaban J connectivity index is 2.20. The fourth-order valence-electron chi connectivity index (χ4n) is 11.9. The van der Waals surface area contributed by atoms with Gasteiger partial charge in [0.05, 0.1) is 25.4 Å². The molecule has 11 nitrogen and oxygen atoms in total. The minimum atomic E-state index is -1.67. The zero-order valence-electron chi connectivity index (χ0n) is 56.1. The summed E-state index contributed by atoms with van der Waals surface area (Å²) in [5, 5.41) is 76.5. The normalized spacial score (nSPS) is 19.0. The van der Waals surface area contributed by atoms with E-state index < -0.39 is 74.2 Å². The summed E-state index contributed by atoms with van der Waals surface area (Å²) < 4.78 is 11.2. The molecule has 1 aliphatic heterocycles. The molecule has 0 saturated carbocycles. The number of hydrogen-bond acceptors (Lipinski definition) is 10. The zero-order valence-corrected chi connectivity index (χ0v) is 56.1. The lowest BCUT2D eigenvalue weighted by Gasteiger charge is -2.40. The van der Waals surface area contributed by atoms with Crippen molar-refractivity contribution >= 4 is 5.91 Å². The van der Waals surface area contributed by atoms with E-state index in [1.54, 1.807) is 0 Å². The summed E-state index contributed by atoms with van der Waals surface area (Å²) >= 11 is 0. The summed E-state index contributed by atoms with van der Waals surface area (Å²) in [6.07, 6.45) is 72.1. The lowest BCUT2D eigenvalue weighted by molar-refractivity contribution is -0.303. The number of hydrogen-bond donors (Lipinski definition) is 8. The van der Waals surface area contributed by atoms with Gasteiger partial charge in [-0.1, -0.05) is 319 Å².